The quantitative estimate of drug-likeness (QED) is 0.454. The van der Waals surface area contributed by atoms with Crippen LogP contribution in [0.2, 0.25) is 0 Å². The van der Waals surface area contributed by atoms with E-state index < -0.39 is 24.1 Å². The van der Waals surface area contributed by atoms with Crippen LogP contribution in [0.3, 0.4) is 0 Å². The van der Waals surface area contributed by atoms with Gasteiger partial charge in [0.2, 0.25) is 0 Å². The fourth-order valence-corrected chi connectivity index (χ4v) is 3.05. The smallest absolute Gasteiger partial charge is 0.414 e. The van der Waals surface area contributed by atoms with Crippen molar-refractivity contribution in [1.29, 1.82) is 0 Å². The molecule has 2 atom stereocenters. The topological polar surface area (TPSA) is 122 Å². The van der Waals surface area contributed by atoms with Gasteiger partial charge in [-0.2, -0.15) is 0 Å². The monoisotopic (exact) mass is 441 g/mol. The van der Waals surface area contributed by atoms with E-state index in [-0.39, 0.29) is 19.1 Å². The van der Waals surface area contributed by atoms with E-state index in [1.807, 2.05) is 6.92 Å². The third kappa shape index (κ3) is 8.23. The highest BCUT2D eigenvalue weighted by Crippen LogP contribution is 2.31. The first-order chi connectivity index (χ1) is 15.4. The van der Waals surface area contributed by atoms with E-state index in [2.05, 4.69) is 5.32 Å². The lowest BCUT2D eigenvalue weighted by Crippen LogP contribution is -2.33. The SMILES string of the molecule is C[C@H](CC/C=C/C(=O)O)[C@@H](OC(=O)NC(=O)c1ccccc1)c1cccc(OCCO)c1. The molecule has 8 nitrogen and oxygen atoms in total. The van der Waals surface area contributed by atoms with Gasteiger partial charge < -0.3 is 19.7 Å². The Labute approximate surface area is 186 Å². The van der Waals surface area contributed by atoms with Crippen molar-refractivity contribution in [2.24, 2.45) is 5.92 Å². The first-order valence-electron chi connectivity index (χ1n) is 10.2. The second kappa shape index (κ2) is 12.9. The van der Waals surface area contributed by atoms with Gasteiger partial charge in [0.1, 0.15) is 18.5 Å². The lowest BCUT2D eigenvalue weighted by atomic mass is 9.93. The Bertz CT molecular complexity index is 927. The summed E-state index contributed by atoms with van der Waals surface area (Å²) in [5, 5.41) is 19.9. The number of allylic oxidation sites excluding steroid dienone is 1. The van der Waals surface area contributed by atoms with Crippen LogP contribution in [0.4, 0.5) is 4.79 Å². The summed E-state index contributed by atoms with van der Waals surface area (Å²) in [6.45, 7) is 1.85. The number of aliphatic hydroxyl groups is 1. The van der Waals surface area contributed by atoms with Gasteiger partial charge >= 0.3 is 12.1 Å². The van der Waals surface area contributed by atoms with Gasteiger partial charge in [-0.25, -0.2) is 9.59 Å². The summed E-state index contributed by atoms with van der Waals surface area (Å²) in [6, 6.07) is 15.2. The molecule has 2 aromatic carbocycles. The Morgan fingerprint density at radius 2 is 1.84 bits per heavy atom. The molecule has 2 rings (SSSR count). The number of aliphatic hydroxyl groups excluding tert-OH is 1. The average molecular weight is 441 g/mol. The van der Waals surface area contributed by atoms with E-state index in [9.17, 15) is 14.4 Å². The maximum Gasteiger partial charge on any atom is 0.414 e. The van der Waals surface area contributed by atoms with Gasteiger partial charge in [0, 0.05) is 11.6 Å². The number of aliphatic carboxylic acids is 1. The molecule has 0 radical (unpaired) electrons. The summed E-state index contributed by atoms with van der Waals surface area (Å²) in [5.74, 6) is -1.30. The fraction of sp³-hybridized carbons (Fsp3) is 0.292. The molecular formula is C24H27NO7. The Kier molecular flexibility index (Phi) is 9.93. The summed E-state index contributed by atoms with van der Waals surface area (Å²) in [5.41, 5.74) is 0.977. The maximum absolute atomic E-state index is 12.5. The molecule has 32 heavy (non-hydrogen) atoms. The number of benzene rings is 2. The molecular weight excluding hydrogens is 414 g/mol. The number of carbonyl (C=O) groups excluding carboxylic acids is 2. The number of amides is 2. The molecule has 0 spiro atoms. The van der Waals surface area contributed by atoms with Crippen LogP contribution in [-0.4, -0.2) is 41.4 Å². The Morgan fingerprint density at radius 1 is 1.09 bits per heavy atom. The van der Waals surface area contributed by atoms with Crippen LogP contribution in [0.25, 0.3) is 0 Å². The zero-order valence-corrected chi connectivity index (χ0v) is 17.8. The zero-order valence-electron chi connectivity index (χ0n) is 17.8. The number of carboxylic acids is 1. The van der Waals surface area contributed by atoms with Crippen molar-refractivity contribution in [3.63, 3.8) is 0 Å². The van der Waals surface area contributed by atoms with Crippen LogP contribution in [0.5, 0.6) is 5.75 Å². The standard InChI is InChI=1S/C24H27NO7/c1-17(8-5-6-13-21(27)28)22(19-11-7-12-20(16-19)31-15-14-26)32-24(30)25-23(29)18-9-3-2-4-10-18/h2-4,6-7,9-13,16-17,22,26H,5,8,14-15H2,1H3,(H,27,28)(H,25,29,30)/b13-6+/t17-,22-/m1/s1. The van der Waals surface area contributed by atoms with E-state index in [0.29, 0.717) is 29.7 Å². The van der Waals surface area contributed by atoms with Crippen molar-refractivity contribution in [2.45, 2.75) is 25.9 Å². The third-order valence-electron chi connectivity index (χ3n) is 4.60. The number of hydrogen-bond donors (Lipinski definition) is 3. The zero-order chi connectivity index (χ0) is 23.3. The first-order valence-corrected chi connectivity index (χ1v) is 10.2. The Morgan fingerprint density at radius 3 is 2.53 bits per heavy atom. The van der Waals surface area contributed by atoms with Crippen LogP contribution in [0.15, 0.2) is 66.7 Å². The summed E-state index contributed by atoms with van der Waals surface area (Å²) in [7, 11) is 0. The maximum atomic E-state index is 12.5. The summed E-state index contributed by atoms with van der Waals surface area (Å²) >= 11 is 0. The lowest BCUT2D eigenvalue weighted by Gasteiger charge is -2.25. The Hall–Kier alpha value is -3.65. The molecule has 0 saturated carbocycles. The second-order valence-electron chi connectivity index (χ2n) is 7.09. The van der Waals surface area contributed by atoms with Crippen molar-refractivity contribution in [2.75, 3.05) is 13.2 Å². The molecule has 0 aliphatic rings. The molecule has 0 heterocycles. The van der Waals surface area contributed by atoms with E-state index in [1.54, 1.807) is 54.6 Å². The van der Waals surface area contributed by atoms with Crippen LogP contribution in [0, 0.1) is 5.92 Å². The highest BCUT2D eigenvalue weighted by molar-refractivity contribution is 6.02. The summed E-state index contributed by atoms with van der Waals surface area (Å²) in [6.07, 6.45) is 2.01. The number of carboxylic acid groups (broad SMARTS) is 1. The van der Waals surface area contributed by atoms with Gasteiger partial charge in [0.05, 0.1) is 6.61 Å². The molecule has 0 aromatic heterocycles. The minimum absolute atomic E-state index is 0.122. The fourth-order valence-electron chi connectivity index (χ4n) is 3.05. The summed E-state index contributed by atoms with van der Waals surface area (Å²) in [4.78, 5) is 35.4. The van der Waals surface area contributed by atoms with Crippen LogP contribution >= 0.6 is 0 Å². The van der Waals surface area contributed by atoms with Crippen LogP contribution in [0.1, 0.15) is 41.8 Å². The molecule has 0 aliphatic carbocycles. The van der Waals surface area contributed by atoms with Crippen LogP contribution < -0.4 is 10.1 Å². The second-order valence-corrected chi connectivity index (χ2v) is 7.09. The molecule has 0 unspecified atom stereocenters. The van der Waals surface area contributed by atoms with Gasteiger partial charge in [-0.3, -0.25) is 10.1 Å². The summed E-state index contributed by atoms with van der Waals surface area (Å²) < 4.78 is 11.1. The molecule has 0 aliphatic heterocycles. The average Bonchev–Trinajstić information content (AvgIpc) is 2.79. The predicted molar refractivity (Wildman–Crippen MR) is 117 cm³/mol. The molecule has 0 bridgehead atoms. The highest BCUT2D eigenvalue weighted by atomic mass is 16.6. The number of hydrogen-bond acceptors (Lipinski definition) is 6. The normalized spacial score (nSPS) is 12.7. The van der Waals surface area contributed by atoms with Gasteiger partial charge in [0.25, 0.3) is 5.91 Å². The number of carbonyl (C=O) groups is 3. The molecule has 0 saturated heterocycles. The molecule has 3 N–H and O–H groups in total. The van der Waals surface area contributed by atoms with Gasteiger partial charge in [-0.15, -0.1) is 0 Å². The number of imide groups is 1. The largest absolute Gasteiger partial charge is 0.491 e. The van der Waals surface area contributed by atoms with E-state index in [0.717, 1.165) is 6.08 Å². The van der Waals surface area contributed by atoms with E-state index in [1.165, 1.54) is 6.08 Å². The van der Waals surface area contributed by atoms with E-state index >= 15 is 0 Å². The van der Waals surface area contributed by atoms with Gasteiger partial charge in [0.15, 0.2) is 0 Å². The van der Waals surface area contributed by atoms with Gasteiger partial charge in [-0.1, -0.05) is 43.3 Å². The number of nitrogens with one attached hydrogen (secondary N) is 1. The Balaban J connectivity index is 2.14. The van der Waals surface area contributed by atoms with Crippen molar-refractivity contribution in [3.05, 3.63) is 77.9 Å². The predicted octanol–water partition coefficient (Wildman–Crippen LogP) is 3.72. The molecule has 2 amide bonds. The molecule has 170 valence electrons. The van der Waals surface area contributed by atoms with Crippen molar-refractivity contribution in [1.82, 2.24) is 5.32 Å². The molecule has 2 aromatic rings. The van der Waals surface area contributed by atoms with Crippen molar-refractivity contribution < 1.29 is 34.1 Å². The number of alkyl carbamates (subject to hydrolysis) is 1. The molecule has 0 fully saturated rings. The number of rotatable bonds is 11. The number of ether oxygens (including phenoxy) is 2. The minimum atomic E-state index is -1.03. The van der Waals surface area contributed by atoms with Crippen molar-refractivity contribution >= 4 is 18.0 Å². The van der Waals surface area contributed by atoms with Crippen LogP contribution in [-0.2, 0) is 9.53 Å². The molecule has 8 heteroatoms. The lowest BCUT2D eigenvalue weighted by molar-refractivity contribution is -0.131. The minimum Gasteiger partial charge on any atom is -0.491 e. The van der Waals surface area contributed by atoms with Gasteiger partial charge in [-0.05, 0) is 48.6 Å². The highest BCUT2D eigenvalue weighted by Gasteiger charge is 2.25. The van der Waals surface area contributed by atoms with Crippen molar-refractivity contribution in [3.8, 4) is 5.75 Å². The first kappa shape index (κ1) is 24.6. The third-order valence-corrected chi connectivity index (χ3v) is 4.60. The van der Waals surface area contributed by atoms with E-state index in [4.69, 9.17) is 19.7 Å².